The van der Waals surface area contributed by atoms with Gasteiger partial charge in [-0.15, -0.1) is 0 Å². The number of rotatable bonds is 7. The van der Waals surface area contributed by atoms with E-state index in [1.54, 1.807) is 6.07 Å². The predicted octanol–water partition coefficient (Wildman–Crippen LogP) is 0.629. The Hall–Kier alpha value is -1.47. The number of hydrogen-bond acceptors (Lipinski definition) is 5. The molecule has 0 aliphatic rings. The van der Waals surface area contributed by atoms with Crippen LogP contribution in [0, 0.1) is 0 Å². The van der Waals surface area contributed by atoms with Gasteiger partial charge in [-0.1, -0.05) is 6.07 Å². The highest BCUT2D eigenvalue weighted by molar-refractivity contribution is 7.88. The molecule has 0 aliphatic carbocycles. The Morgan fingerprint density at radius 3 is 2.67 bits per heavy atom. The largest absolute Gasteiger partial charge is 0.492 e. The Kier molecular flexibility index (Phi) is 5.24. The quantitative estimate of drug-likeness (QED) is 0.500. The summed E-state index contributed by atoms with van der Waals surface area (Å²) in [5.41, 5.74) is 7.17. The second kappa shape index (κ2) is 6.46. The maximum absolute atomic E-state index is 10.9. The molecule has 7 heteroatoms. The fourth-order valence-corrected chi connectivity index (χ4v) is 1.89. The van der Waals surface area contributed by atoms with Crippen molar-refractivity contribution in [2.75, 3.05) is 37.0 Å². The number of nitrogens with two attached hydrogens (primary N) is 1. The van der Waals surface area contributed by atoms with Gasteiger partial charge in [-0.2, -0.15) is 0 Å². The summed E-state index contributed by atoms with van der Waals surface area (Å²) in [6.45, 7) is 3.18. The van der Waals surface area contributed by atoms with E-state index in [-0.39, 0.29) is 0 Å². The first-order chi connectivity index (χ1) is 8.44. The summed E-state index contributed by atoms with van der Waals surface area (Å²) in [5, 5.41) is 3.05. The molecule has 0 fully saturated rings. The highest BCUT2D eigenvalue weighted by atomic mass is 32.2. The molecule has 0 saturated carbocycles. The van der Waals surface area contributed by atoms with Crippen molar-refractivity contribution in [1.29, 1.82) is 0 Å². The van der Waals surface area contributed by atoms with Crippen LogP contribution in [0.5, 0.6) is 5.75 Å². The molecule has 4 N–H and O–H groups in total. The Labute approximate surface area is 108 Å². The minimum atomic E-state index is -3.15. The van der Waals surface area contributed by atoms with E-state index in [0.717, 1.165) is 11.9 Å². The lowest BCUT2D eigenvalue weighted by Crippen LogP contribution is -2.27. The fourth-order valence-electron chi connectivity index (χ4n) is 1.41. The van der Waals surface area contributed by atoms with Crippen molar-refractivity contribution < 1.29 is 13.2 Å². The second-order valence-corrected chi connectivity index (χ2v) is 5.58. The van der Waals surface area contributed by atoms with E-state index in [4.69, 9.17) is 10.5 Å². The van der Waals surface area contributed by atoms with Crippen LogP contribution in [0.1, 0.15) is 6.92 Å². The molecule has 1 aromatic carbocycles. The van der Waals surface area contributed by atoms with Crippen molar-refractivity contribution in [2.24, 2.45) is 0 Å². The Morgan fingerprint density at radius 2 is 2.06 bits per heavy atom. The minimum Gasteiger partial charge on any atom is -0.492 e. The summed E-state index contributed by atoms with van der Waals surface area (Å²) in [7, 11) is -3.15. The van der Waals surface area contributed by atoms with Crippen LogP contribution in [0.4, 0.5) is 11.4 Å². The molecule has 0 spiro atoms. The number of para-hydroxylation sites is 1. The first-order valence-electron chi connectivity index (χ1n) is 5.64. The average molecular weight is 273 g/mol. The van der Waals surface area contributed by atoms with Crippen molar-refractivity contribution in [3.63, 3.8) is 0 Å². The van der Waals surface area contributed by atoms with Crippen LogP contribution in [0.15, 0.2) is 18.2 Å². The molecular weight excluding hydrogens is 254 g/mol. The summed E-state index contributed by atoms with van der Waals surface area (Å²) in [4.78, 5) is 0. The van der Waals surface area contributed by atoms with E-state index in [2.05, 4.69) is 10.0 Å². The van der Waals surface area contributed by atoms with Gasteiger partial charge >= 0.3 is 0 Å². The molecule has 0 bridgehead atoms. The predicted molar refractivity (Wildman–Crippen MR) is 73.4 cm³/mol. The SMILES string of the molecule is CCOc1cccc(NCCNS(C)(=O)=O)c1N. The first-order valence-corrected chi connectivity index (χ1v) is 7.53. The van der Waals surface area contributed by atoms with E-state index in [0.29, 0.717) is 31.1 Å². The standard InChI is InChI=1S/C11H19N3O3S/c1-3-17-10-6-4-5-9(11(10)12)13-7-8-14-18(2,15)16/h4-6,13-14H,3,7-8,12H2,1-2H3. The number of anilines is 2. The third-order valence-corrected chi connectivity index (χ3v) is 2.90. The van der Waals surface area contributed by atoms with Crippen molar-refractivity contribution >= 4 is 21.4 Å². The van der Waals surface area contributed by atoms with Crippen LogP contribution in [-0.4, -0.2) is 34.4 Å². The molecule has 0 aliphatic heterocycles. The highest BCUT2D eigenvalue weighted by Gasteiger charge is 2.05. The van der Waals surface area contributed by atoms with Crippen molar-refractivity contribution in [1.82, 2.24) is 4.72 Å². The van der Waals surface area contributed by atoms with Gasteiger partial charge in [-0.3, -0.25) is 0 Å². The van der Waals surface area contributed by atoms with Gasteiger partial charge in [-0.05, 0) is 19.1 Å². The second-order valence-electron chi connectivity index (χ2n) is 3.74. The molecule has 6 nitrogen and oxygen atoms in total. The third kappa shape index (κ3) is 4.80. The van der Waals surface area contributed by atoms with Gasteiger partial charge in [0.2, 0.25) is 10.0 Å². The van der Waals surface area contributed by atoms with E-state index >= 15 is 0 Å². The monoisotopic (exact) mass is 273 g/mol. The minimum absolute atomic E-state index is 0.303. The number of hydrogen-bond donors (Lipinski definition) is 3. The zero-order valence-electron chi connectivity index (χ0n) is 10.6. The fraction of sp³-hybridized carbons (Fsp3) is 0.455. The molecule has 0 radical (unpaired) electrons. The van der Waals surface area contributed by atoms with E-state index in [1.165, 1.54) is 0 Å². The molecule has 0 aromatic heterocycles. The van der Waals surface area contributed by atoms with Crippen LogP contribution in [-0.2, 0) is 10.0 Å². The lowest BCUT2D eigenvalue weighted by Gasteiger charge is -2.13. The number of nitrogen functional groups attached to an aromatic ring is 1. The highest BCUT2D eigenvalue weighted by Crippen LogP contribution is 2.28. The van der Waals surface area contributed by atoms with Gasteiger partial charge < -0.3 is 15.8 Å². The van der Waals surface area contributed by atoms with Crippen LogP contribution in [0.3, 0.4) is 0 Å². The molecule has 0 amide bonds. The third-order valence-electron chi connectivity index (χ3n) is 2.17. The number of nitrogens with one attached hydrogen (secondary N) is 2. The van der Waals surface area contributed by atoms with Gasteiger partial charge in [0, 0.05) is 13.1 Å². The van der Waals surface area contributed by atoms with Crippen LogP contribution < -0.4 is 20.5 Å². The van der Waals surface area contributed by atoms with Gasteiger partial charge in [0.15, 0.2) is 0 Å². The van der Waals surface area contributed by atoms with Crippen LogP contribution >= 0.6 is 0 Å². The zero-order valence-corrected chi connectivity index (χ0v) is 11.4. The van der Waals surface area contributed by atoms with E-state index in [1.807, 2.05) is 19.1 Å². The average Bonchev–Trinajstić information content (AvgIpc) is 2.28. The van der Waals surface area contributed by atoms with Crippen molar-refractivity contribution in [3.05, 3.63) is 18.2 Å². The summed E-state index contributed by atoms with van der Waals surface area (Å²) < 4.78 is 29.5. The van der Waals surface area contributed by atoms with E-state index < -0.39 is 10.0 Å². The molecule has 102 valence electrons. The van der Waals surface area contributed by atoms with Gasteiger partial charge in [0.05, 0.1) is 24.2 Å². The Morgan fingerprint density at radius 1 is 1.33 bits per heavy atom. The normalized spacial score (nSPS) is 11.2. The first kappa shape index (κ1) is 14.6. The molecule has 0 atom stereocenters. The van der Waals surface area contributed by atoms with Crippen LogP contribution in [0.2, 0.25) is 0 Å². The molecule has 0 saturated heterocycles. The molecule has 1 aromatic rings. The topological polar surface area (TPSA) is 93.5 Å². The summed E-state index contributed by atoms with van der Waals surface area (Å²) in [6, 6.07) is 5.44. The zero-order chi connectivity index (χ0) is 13.6. The lowest BCUT2D eigenvalue weighted by atomic mass is 10.2. The molecular formula is C11H19N3O3S. The molecule has 18 heavy (non-hydrogen) atoms. The molecule has 1 rings (SSSR count). The maximum Gasteiger partial charge on any atom is 0.208 e. The van der Waals surface area contributed by atoms with Gasteiger partial charge in [-0.25, -0.2) is 13.1 Å². The van der Waals surface area contributed by atoms with Gasteiger partial charge in [0.1, 0.15) is 5.75 Å². The summed E-state index contributed by atoms with van der Waals surface area (Å²) >= 11 is 0. The van der Waals surface area contributed by atoms with Crippen molar-refractivity contribution in [3.8, 4) is 5.75 Å². The van der Waals surface area contributed by atoms with E-state index in [9.17, 15) is 8.42 Å². The lowest BCUT2D eigenvalue weighted by molar-refractivity contribution is 0.342. The smallest absolute Gasteiger partial charge is 0.208 e. The Bertz CT molecular complexity index is 488. The number of ether oxygens (including phenoxy) is 1. The number of sulfonamides is 1. The van der Waals surface area contributed by atoms with Gasteiger partial charge in [0.25, 0.3) is 0 Å². The van der Waals surface area contributed by atoms with Crippen molar-refractivity contribution in [2.45, 2.75) is 6.92 Å². The summed E-state index contributed by atoms with van der Waals surface area (Å²) in [6.07, 6.45) is 1.12. The maximum atomic E-state index is 10.9. The molecule has 0 heterocycles. The summed E-state index contributed by atoms with van der Waals surface area (Å²) in [5.74, 6) is 0.624. The Balaban J connectivity index is 2.55. The van der Waals surface area contributed by atoms with Crippen LogP contribution in [0.25, 0.3) is 0 Å². The molecule has 0 unspecified atom stereocenters. The number of benzene rings is 1.